The number of rotatable bonds is 5. The summed E-state index contributed by atoms with van der Waals surface area (Å²) in [6.07, 6.45) is 1.69. The van der Waals surface area contributed by atoms with Gasteiger partial charge in [0.25, 0.3) is 5.91 Å². The van der Waals surface area contributed by atoms with Crippen LogP contribution in [0.2, 0.25) is 0 Å². The van der Waals surface area contributed by atoms with Crippen LogP contribution in [-0.2, 0) is 18.4 Å². The van der Waals surface area contributed by atoms with Gasteiger partial charge in [0, 0.05) is 29.8 Å². The molecule has 2 heterocycles. The molecule has 3 heteroatoms. The molecule has 2 unspecified atom stereocenters. The van der Waals surface area contributed by atoms with Gasteiger partial charge in [0.2, 0.25) is 0 Å². The number of nitrogens with zero attached hydrogens (tertiary/aromatic N) is 2. The zero-order chi connectivity index (χ0) is 29.0. The fraction of sp³-hybridized carbons (Fsp3) is 0.175. The average Bonchev–Trinajstić information content (AvgIpc) is 3.54. The van der Waals surface area contributed by atoms with E-state index in [4.69, 9.17) is 0 Å². The molecule has 2 atom stereocenters. The van der Waals surface area contributed by atoms with Crippen LogP contribution >= 0.6 is 0 Å². The van der Waals surface area contributed by atoms with E-state index in [1.165, 1.54) is 43.9 Å². The molecule has 0 spiro atoms. The van der Waals surface area contributed by atoms with Gasteiger partial charge in [-0.15, -0.1) is 0 Å². The van der Waals surface area contributed by atoms with Crippen molar-refractivity contribution in [3.63, 3.8) is 0 Å². The molecule has 1 saturated heterocycles. The standard InChI is InChI=1S/C40H34N2O/c1-28-12-2-5-19-33(28)38(43)41-25-24-40(26-31-17-10-15-29-13-3-6-20-34(29)31)36-22-8-9-23-37(36)42(39(40)41)27-32-18-11-16-30-14-4-7-21-35(30)32/h2-23,39H,24-27H2,1H3. The highest BCUT2D eigenvalue weighted by atomic mass is 16.2. The van der Waals surface area contributed by atoms with Gasteiger partial charge in [0.15, 0.2) is 0 Å². The number of benzene rings is 6. The van der Waals surface area contributed by atoms with Crippen molar-refractivity contribution in [2.45, 2.75) is 37.9 Å². The maximum Gasteiger partial charge on any atom is 0.255 e. The second-order valence-corrected chi connectivity index (χ2v) is 12.2. The first-order valence-electron chi connectivity index (χ1n) is 15.3. The lowest BCUT2D eigenvalue weighted by molar-refractivity contribution is 0.0708. The smallest absolute Gasteiger partial charge is 0.255 e. The van der Waals surface area contributed by atoms with Gasteiger partial charge < -0.3 is 9.80 Å². The Balaban J connectivity index is 1.31. The van der Waals surface area contributed by atoms with Crippen LogP contribution in [0.25, 0.3) is 21.5 Å². The molecule has 1 fully saturated rings. The summed E-state index contributed by atoms with van der Waals surface area (Å²) in [4.78, 5) is 19.2. The minimum absolute atomic E-state index is 0.102. The summed E-state index contributed by atoms with van der Waals surface area (Å²) in [7, 11) is 0. The maximum absolute atomic E-state index is 14.5. The summed E-state index contributed by atoms with van der Waals surface area (Å²) < 4.78 is 0. The molecule has 0 N–H and O–H groups in total. The second-order valence-electron chi connectivity index (χ2n) is 12.2. The fourth-order valence-electron chi connectivity index (χ4n) is 7.91. The minimum Gasteiger partial charge on any atom is -0.346 e. The van der Waals surface area contributed by atoms with E-state index in [-0.39, 0.29) is 17.5 Å². The van der Waals surface area contributed by atoms with Gasteiger partial charge in [-0.3, -0.25) is 4.79 Å². The van der Waals surface area contributed by atoms with Crippen molar-refractivity contribution in [3.05, 3.63) is 161 Å². The van der Waals surface area contributed by atoms with Crippen LogP contribution in [-0.4, -0.2) is 23.5 Å². The highest BCUT2D eigenvalue weighted by Crippen LogP contribution is 2.55. The van der Waals surface area contributed by atoms with Crippen LogP contribution in [0.5, 0.6) is 0 Å². The number of carbonyl (C=O) groups is 1. The normalized spacial score (nSPS) is 19.1. The largest absolute Gasteiger partial charge is 0.346 e. The van der Waals surface area contributed by atoms with Crippen LogP contribution < -0.4 is 4.90 Å². The summed E-state index contributed by atoms with van der Waals surface area (Å²) in [6, 6.07) is 47.5. The van der Waals surface area contributed by atoms with E-state index in [2.05, 4.69) is 119 Å². The molecule has 8 rings (SSSR count). The molecule has 2 aliphatic heterocycles. The van der Waals surface area contributed by atoms with Crippen LogP contribution in [0, 0.1) is 6.92 Å². The molecule has 210 valence electrons. The van der Waals surface area contributed by atoms with Gasteiger partial charge in [-0.2, -0.15) is 0 Å². The van der Waals surface area contributed by atoms with E-state index in [1.54, 1.807) is 0 Å². The molecule has 6 aromatic carbocycles. The van der Waals surface area contributed by atoms with Crippen molar-refractivity contribution in [2.75, 3.05) is 11.4 Å². The topological polar surface area (TPSA) is 23.6 Å². The van der Waals surface area contributed by atoms with E-state index in [0.717, 1.165) is 37.1 Å². The Bertz CT molecular complexity index is 2000. The van der Waals surface area contributed by atoms with Crippen molar-refractivity contribution < 1.29 is 4.79 Å². The number of aryl methyl sites for hydroxylation is 1. The van der Waals surface area contributed by atoms with Crippen LogP contribution in [0.15, 0.2) is 133 Å². The predicted molar refractivity (Wildman–Crippen MR) is 177 cm³/mol. The first kappa shape index (κ1) is 25.8. The molecular formula is C40H34N2O. The summed E-state index contributed by atoms with van der Waals surface area (Å²) in [5, 5.41) is 5.07. The lowest BCUT2D eigenvalue weighted by Gasteiger charge is -2.39. The Labute approximate surface area is 253 Å². The van der Waals surface area contributed by atoms with Crippen molar-refractivity contribution >= 4 is 33.1 Å². The van der Waals surface area contributed by atoms with Crippen molar-refractivity contribution in [1.29, 1.82) is 0 Å². The quantitative estimate of drug-likeness (QED) is 0.211. The summed E-state index contributed by atoms with van der Waals surface area (Å²) in [5.74, 6) is 0.124. The van der Waals surface area contributed by atoms with E-state index < -0.39 is 0 Å². The third kappa shape index (κ3) is 4.06. The molecule has 0 radical (unpaired) electrons. The number of amides is 1. The fourth-order valence-corrected chi connectivity index (χ4v) is 7.91. The Hall–Kier alpha value is -4.89. The number of para-hydroxylation sites is 1. The van der Waals surface area contributed by atoms with E-state index in [1.807, 2.05) is 31.2 Å². The van der Waals surface area contributed by atoms with Crippen molar-refractivity contribution in [3.8, 4) is 0 Å². The Kier molecular flexibility index (Phi) is 6.08. The molecule has 0 aliphatic carbocycles. The molecular weight excluding hydrogens is 524 g/mol. The molecule has 0 aromatic heterocycles. The summed E-state index contributed by atoms with van der Waals surface area (Å²) >= 11 is 0. The van der Waals surface area contributed by atoms with Crippen molar-refractivity contribution in [2.24, 2.45) is 0 Å². The number of fused-ring (bicyclic) bond motifs is 5. The molecule has 2 aliphatic rings. The van der Waals surface area contributed by atoms with E-state index in [0.29, 0.717) is 0 Å². The Morgan fingerprint density at radius 3 is 2.07 bits per heavy atom. The Morgan fingerprint density at radius 2 is 1.30 bits per heavy atom. The molecule has 43 heavy (non-hydrogen) atoms. The van der Waals surface area contributed by atoms with Gasteiger partial charge in [0.1, 0.15) is 6.17 Å². The number of hydrogen-bond donors (Lipinski definition) is 0. The summed E-state index contributed by atoms with van der Waals surface area (Å²) in [5.41, 5.74) is 6.80. The lowest BCUT2D eigenvalue weighted by Crippen LogP contribution is -2.52. The maximum atomic E-state index is 14.5. The third-order valence-corrected chi connectivity index (χ3v) is 9.88. The van der Waals surface area contributed by atoms with Gasteiger partial charge in [0.05, 0.1) is 0 Å². The second kappa shape index (κ2) is 10.1. The Morgan fingerprint density at radius 1 is 0.698 bits per heavy atom. The minimum atomic E-state index is -0.232. The lowest BCUT2D eigenvalue weighted by atomic mass is 9.73. The third-order valence-electron chi connectivity index (χ3n) is 9.88. The average molecular weight is 559 g/mol. The molecule has 6 aromatic rings. The molecule has 3 nitrogen and oxygen atoms in total. The van der Waals surface area contributed by atoms with Gasteiger partial charge >= 0.3 is 0 Å². The number of carbonyl (C=O) groups excluding carboxylic acids is 1. The van der Waals surface area contributed by atoms with Crippen LogP contribution in [0.1, 0.15) is 39.0 Å². The highest BCUT2D eigenvalue weighted by Gasteiger charge is 2.58. The summed E-state index contributed by atoms with van der Waals surface area (Å²) in [6.45, 7) is 3.50. The molecule has 0 saturated carbocycles. The van der Waals surface area contributed by atoms with Crippen LogP contribution in [0.4, 0.5) is 5.69 Å². The van der Waals surface area contributed by atoms with E-state index >= 15 is 0 Å². The van der Waals surface area contributed by atoms with Gasteiger partial charge in [-0.05, 0) is 75.7 Å². The first-order valence-corrected chi connectivity index (χ1v) is 15.3. The van der Waals surface area contributed by atoms with E-state index in [9.17, 15) is 4.79 Å². The first-order chi connectivity index (χ1) is 21.1. The SMILES string of the molecule is Cc1ccccc1C(=O)N1CCC2(Cc3cccc4ccccc34)c3ccccc3N(Cc3cccc4ccccc34)C12. The highest BCUT2D eigenvalue weighted by molar-refractivity contribution is 5.97. The molecule has 0 bridgehead atoms. The van der Waals surface area contributed by atoms with Gasteiger partial charge in [-0.1, -0.05) is 121 Å². The zero-order valence-electron chi connectivity index (χ0n) is 24.4. The van der Waals surface area contributed by atoms with Gasteiger partial charge in [-0.25, -0.2) is 0 Å². The number of anilines is 1. The molecule has 1 amide bonds. The zero-order valence-corrected chi connectivity index (χ0v) is 24.4. The predicted octanol–water partition coefficient (Wildman–Crippen LogP) is 8.67. The number of hydrogen-bond acceptors (Lipinski definition) is 2. The van der Waals surface area contributed by atoms with Crippen LogP contribution in [0.3, 0.4) is 0 Å². The number of likely N-dealkylation sites (tertiary alicyclic amines) is 1. The van der Waals surface area contributed by atoms with Crippen molar-refractivity contribution in [1.82, 2.24) is 4.90 Å². The monoisotopic (exact) mass is 558 g/mol.